The van der Waals surface area contributed by atoms with Crippen LogP contribution in [0.5, 0.6) is 0 Å². The van der Waals surface area contributed by atoms with E-state index < -0.39 is 0 Å². The van der Waals surface area contributed by atoms with E-state index in [0.717, 1.165) is 16.3 Å². The molecule has 0 radical (unpaired) electrons. The second-order valence-corrected chi connectivity index (χ2v) is 7.75. The fraction of sp³-hybridized carbons (Fsp3) is 0.211. The molecule has 0 saturated heterocycles. The molecule has 5 nitrogen and oxygen atoms in total. The Morgan fingerprint density at radius 1 is 1.15 bits per heavy atom. The van der Waals surface area contributed by atoms with Crippen molar-refractivity contribution in [2.45, 2.75) is 24.4 Å². The Balaban J connectivity index is 1.60. The molecule has 1 aromatic heterocycles. The Labute approximate surface area is 172 Å². The van der Waals surface area contributed by atoms with Crippen molar-refractivity contribution in [2.75, 3.05) is 0 Å². The minimum absolute atomic E-state index is 0.124. The summed E-state index contributed by atoms with van der Waals surface area (Å²) in [6.07, 6.45) is 0. The average molecular weight is 421 g/mol. The first-order chi connectivity index (χ1) is 13.0. The Morgan fingerprint density at radius 2 is 1.93 bits per heavy atom. The Bertz CT molecular complexity index is 974. The number of hydrogen-bond acceptors (Lipinski definition) is 4. The van der Waals surface area contributed by atoms with Gasteiger partial charge in [0.2, 0.25) is 0 Å². The molecule has 1 amide bonds. The van der Waals surface area contributed by atoms with E-state index in [1.54, 1.807) is 23.9 Å². The van der Waals surface area contributed by atoms with Gasteiger partial charge in [-0.15, -0.1) is 10.2 Å². The van der Waals surface area contributed by atoms with Crippen LogP contribution >= 0.6 is 35.0 Å². The predicted molar refractivity (Wildman–Crippen MR) is 109 cm³/mol. The molecule has 27 heavy (non-hydrogen) atoms. The summed E-state index contributed by atoms with van der Waals surface area (Å²) >= 11 is 13.5. The van der Waals surface area contributed by atoms with Gasteiger partial charge in [0.15, 0.2) is 11.0 Å². The van der Waals surface area contributed by atoms with Gasteiger partial charge in [-0.25, -0.2) is 0 Å². The van der Waals surface area contributed by atoms with Gasteiger partial charge in [-0.3, -0.25) is 4.79 Å². The number of nitrogens with zero attached hydrogens (tertiary/aromatic N) is 3. The largest absolute Gasteiger partial charge is 0.345 e. The summed E-state index contributed by atoms with van der Waals surface area (Å²) < 4.78 is 1.88. The molecule has 0 bridgehead atoms. The Morgan fingerprint density at radius 3 is 2.67 bits per heavy atom. The molecular weight excluding hydrogens is 403 g/mol. The normalized spacial score (nSPS) is 10.8. The standard InChI is InChI=1S/C19H18Cl2N4OS/c1-12-5-3-4-6-14(12)18(26)22-10-17-23-24-19(25(17)2)27-11-13-7-8-15(20)16(21)9-13/h3-9H,10-11H2,1-2H3,(H,22,26). The summed E-state index contributed by atoms with van der Waals surface area (Å²) in [5, 5.41) is 13.1. The molecule has 0 aliphatic rings. The van der Waals surface area contributed by atoms with Gasteiger partial charge in [0.05, 0.1) is 16.6 Å². The molecule has 8 heteroatoms. The minimum Gasteiger partial charge on any atom is -0.345 e. The van der Waals surface area contributed by atoms with Gasteiger partial charge in [-0.1, -0.05) is 59.2 Å². The van der Waals surface area contributed by atoms with Gasteiger partial charge in [0, 0.05) is 18.4 Å². The van der Waals surface area contributed by atoms with E-state index in [-0.39, 0.29) is 5.91 Å². The van der Waals surface area contributed by atoms with Crippen LogP contribution in [0.2, 0.25) is 10.0 Å². The molecule has 0 aliphatic heterocycles. The fourth-order valence-corrected chi connectivity index (χ4v) is 3.68. The number of aryl methyl sites for hydroxylation is 1. The van der Waals surface area contributed by atoms with Crippen LogP contribution in [-0.4, -0.2) is 20.7 Å². The summed E-state index contributed by atoms with van der Waals surface area (Å²) in [5.74, 6) is 1.26. The van der Waals surface area contributed by atoms with E-state index in [9.17, 15) is 4.79 Å². The fourth-order valence-electron chi connectivity index (χ4n) is 2.48. The van der Waals surface area contributed by atoms with Crippen LogP contribution in [0.25, 0.3) is 0 Å². The highest BCUT2D eigenvalue weighted by atomic mass is 35.5. The molecule has 0 atom stereocenters. The van der Waals surface area contributed by atoms with Crippen LogP contribution in [0.15, 0.2) is 47.6 Å². The number of carbonyl (C=O) groups is 1. The number of carbonyl (C=O) groups excluding carboxylic acids is 1. The summed E-state index contributed by atoms with van der Waals surface area (Å²) in [7, 11) is 1.88. The third-order valence-corrected chi connectivity index (χ3v) is 5.90. The van der Waals surface area contributed by atoms with Gasteiger partial charge in [0.1, 0.15) is 0 Å². The van der Waals surface area contributed by atoms with Gasteiger partial charge in [-0.2, -0.15) is 0 Å². The molecule has 0 unspecified atom stereocenters. The monoisotopic (exact) mass is 420 g/mol. The average Bonchev–Trinajstić information content (AvgIpc) is 3.01. The number of aromatic nitrogens is 3. The van der Waals surface area contributed by atoms with Gasteiger partial charge in [0.25, 0.3) is 5.91 Å². The van der Waals surface area contributed by atoms with Gasteiger partial charge < -0.3 is 9.88 Å². The number of rotatable bonds is 6. The van der Waals surface area contributed by atoms with E-state index in [4.69, 9.17) is 23.2 Å². The van der Waals surface area contributed by atoms with Crippen LogP contribution in [0, 0.1) is 6.92 Å². The molecule has 1 heterocycles. The molecule has 0 saturated carbocycles. The van der Waals surface area contributed by atoms with Crippen molar-refractivity contribution in [3.8, 4) is 0 Å². The topological polar surface area (TPSA) is 59.8 Å². The summed E-state index contributed by atoms with van der Waals surface area (Å²) in [5.41, 5.74) is 2.64. The van der Waals surface area contributed by atoms with E-state index in [0.29, 0.717) is 33.7 Å². The Kier molecular flexibility index (Phi) is 6.42. The van der Waals surface area contributed by atoms with Gasteiger partial charge in [-0.05, 0) is 36.2 Å². The minimum atomic E-state index is -0.124. The third-order valence-electron chi connectivity index (χ3n) is 4.07. The second kappa shape index (κ2) is 8.78. The number of hydrogen-bond donors (Lipinski definition) is 1. The first-order valence-electron chi connectivity index (χ1n) is 8.24. The molecule has 3 rings (SSSR count). The smallest absolute Gasteiger partial charge is 0.251 e. The van der Waals surface area contributed by atoms with Crippen molar-refractivity contribution >= 4 is 40.9 Å². The van der Waals surface area contributed by atoms with E-state index in [1.807, 2.05) is 48.9 Å². The highest BCUT2D eigenvalue weighted by Gasteiger charge is 2.13. The molecule has 0 spiro atoms. The molecule has 140 valence electrons. The predicted octanol–water partition coefficient (Wildman–Crippen LogP) is 4.65. The molecule has 2 aromatic carbocycles. The van der Waals surface area contributed by atoms with Crippen molar-refractivity contribution in [2.24, 2.45) is 7.05 Å². The number of amides is 1. The molecular formula is C19H18Cl2N4OS. The van der Waals surface area contributed by atoms with Crippen molar-refractivity contribution in [1.29, 1.82) is 0 Å². The lowest BCUT2D eigenvalue weighted by Gasteiger charge is -2.08. The van der Waals surface area contributed by atoms with Crippen LogP contribution in [0.1, 0.15) is 27.3 Å². The molecule has 0 fully saturated rings. The van der Waals surface area contributed by atoms with Gasteiger partial charge >= 0.3 is 0 Å². The van der Waals surface area contributed by atoms with Crippen molar-refractivity contribution < 1.29 is 4.79 Å². The lowest BCUT2D eigenvalue weighted by Crippen LogP contribution is -2.25. The van der Waals surface area contributed by atoms with Crippen molar-refractivity contribution in [3.05, 3.63) is 75.0 Å². The van der Waals surface area contributed by atoms with E-state index >= 15 is 0 Å². The lowest BCUT2D eigenvalue weighted by atomic mass is 10.1. The summed E-state index contributed by atoms with van der Waals surface area (Å²) in [6.45, 7) is 2.22. The quantitative estimate of drug-likeness (QED) is 0.589. The highest BCUT2D eigenvalue weighted by Crippen LogP contribution is 2.27. The van der Waals surface area contributed by atoms with Crippen LogP contribution in [0.4, 0.5) is 0 Å². The van der Waals surface area contributed by atoms with Crippen LogP contribution in [0.3, 0.4) is 0 Å². The third kappa shape index (κ3) is 4.83. The SMILES string of the molecule is Cc1ccccc1C(=O)NCc1nnc(SCc2ccc(Cl)c(Cl)c2)n1C. The van der Waals surface area contributed by atoms with Crippen molar-refractivity contribution in [3.63, 3.8) is 0 Å². The van der Waals surface area contributed by atoms with Crippen LogP contribution < -0.4 is 5.32 Å². The maximum atomic E-state index is 12.3. The zero-order valence-electron chi connectivity index (χ0n) is 14.9. The van der Waals surface area contributed by atoms with Crippen molar-refractivity contribution in [1.82, 2.24) is 20.1 Å². The maximum Gasteiger partial charge on any atom is 0.251 e. The number of halogens is 2. The van der Waals surface area contributed by atoms with E-state index in [2.05, 4.69) is 15.5 Å². The number of nitrogens with one attached hydrogen (secondary N) is 1. The summed E-state index contributed by atoms with van der Waals surface area (Å²) in [6, 6.07) is 13.0. The first kappa shape index (κ1) is 19.7. The second-order valence-electron chi connectivity index (χ2n) is 5.99. The molecule has 1 N–H and O–H groups in total. The highest BCUT2D eigenvalue weighted by molar-refractivity contribution is 7.98. The van der Waals surface area contributed by atoms with Crippen LogP contribution in [-0.2, 0) is 19.3 Å². The number of thioether (sulfide) groups is 1. The van der Waals surface area contributed by atoms with E-state index in [1.165, 1.54) is 0 Å². The Hall–Kier alpha value is -2.02. The lowest BCUT2D eigenvalue weighted by molar-refractivity contribution is 0.0949. The molecule has 3 aromatic rings. The first-order valence-corrected chi connectivity index (χ1v) is 9.98. The maximum absolute atomic E-state index is 12.3. The summed E-state index contributed by atoms with van der Waals surface area (Å²) in [4.78, 5) is 12.3. The molecule has 0 aliphatic carbocycles. The zero-order valence-corrected chi connectivity index (χ0v) is 17.2. The zero-order chi connectivity index (χ0) is 19.4. The number of benzene rings is 2.